The molecule has 1 aliphatic rings. The van der Waals surface area contributed by atoms with Crippen molar-refractivity contribution in [3.05, 3.63) is 28.2 Å². The molecule has 6 heteroatoms. The van der Waals surface area contributed by atoms with Crippen LogP contribution in [0.15, 0.2) is 22.7 Å². The lowest BCUT2D eigenvalue weighted by Crippen LogP contribution is -2.21. The predicted molar refractivity (Wildman–Crippen MR) is 68.5 cm³/mol. The number of hydrogen-bond acceptors (Lipinski definition) is 2. The van der Waals surface area contributed by atoms with E-state index in [9.17, 15) is 13.2 Å². The number of alkyl halides is 3. The van der Waals surface area contributed by atoms with Gasteiger partial charge in [0, 0.05) is 22.0 Å². The highest BCUT2D eigenvalue weighted by Gasteiger charge is 2.34. The van der Waals surface area contributed by atoms with Gasteiger partial charge in [0.1, 0.15) is 0 Å². The fraction of sp³-hybridized carbons (Fsp3) is 0.455. The van der Waals surface area contributed by atoms with Crippen molar-refractivity contribution in [2.24, 2.45) is 0 Å². The molecule has 1 atom stereocenters. The van der Waals surface area contributed by atoms with Crippen LogP contribution in [-0.4, -0.2) is 17.5 Å². The monoisotopic (exact) mass is 325 g/mol. The van der Waals surface area contributed by atoms with Crippen LogP contribution in [0.2, 0.25) is 0 Å². The molecule has 1 aromatic rings. The molecule has 0 aromatic heterocycles. The van der Waals surface area contributed by atoms with E-state index in [4.69, 9.17) is 0 Å². The number of thioether (sulfide) groups is 1. The zero-order valence-electron chi connectivity index (χ0n) is 8.85. The Morgan fingerprint density at radius 3 is 2.71 bits per heavy atom. The van der Waals surface area contributed by atoms with E-state index in [1.807, 2.05) is 0 Å². The smallest absolute Gasteiger partial charge is 0.381 e. The normalized spacial score (nSPS) is 20.6. The van der Waals surface area contributed by atoms with E-state index in [2.05, 4.69) is 21.2 Å². The number of rotatable bonds is 2. The Hall–Kier alpha value is -0.360. The SMILES string of the molecule is FC(F)(F)c1cc(Br)ccc1NC1CCSC1. The summed E-state index contributed by atoms with van der Waals surface area (Å²) in [4.78, 5) is 0. The molecule has 1 heterocycles. The summed E-state index contributed by atoms with van der Waals surface area (Å²) < 4.78 is 38.9. The first kappa shape index (κ1) is 13.1. The second kappa shape index (κ2) is 5.10. The standard InChI is InChI=1S/C11H11BrF3NS/c12-7-1-2-10(9(5-7)11(13,14)15)16-8-3-4-17-6-8/h1-2,5,8,16H,3-4,6H2. The average molecular weight is 326 g/mol. The summed E-state index contributed by atoms with van der Waals surface area (Å²) in [6.45, 7) is 0. The minimum absolute atomic E-state index is 0.141. The molecule has 0 bridgehead atoms. The number of hydrogen-bond donors (Lipinski definition) is 1. The summed E-state index contributed by atoms with van der Waals surface area (Å²) in [5.74, 6) is 1.88. The molecule has 0 saturated carbocycles. The van der Waals surface area contributed by atoms with Gasteiger partial charge in [-0.1, -0.05) is 15.9 Å². The van der Waals surface area contributed by atoms with Gasteiger partial charge in [0.05, 0.1) is 5.56 Å². The molecule has 2 rings (SSSR count). The molecular formula is C11H11BrF3NS. The molecule has 1 aliphatic heterocycles. The average Bonchev–Trinajstić information content (AvgIpc) is 2.72. The maximum absolute atomic E-state index is 12.8. The van der Waals surface area contributed by atoms with Gasteiger partial charge in [-0.15, -0.1) is 0 Å². The third-order valence-corrected chi connectivity index (χ3v) is 4.23. The van der Waals surface area contributed by atoms with Crippen molar-refractivity contribution < 1.29 is 13.2 Å². The van der Waals surface area contributed by atoms with E-state index < -0.39 is 11.7 Å². The maximum atomic E-state index is 12.8. The highest BCUT2D eigenvalue weighted by molar-refractivity contribution is 9.10. The topological polar surface area (TPSA) is 12.0 Å². The first-order chi connectivity index (χ1) is 7.97. The van der Waals surface area contributed by atoms with Gasteiger partial charge in [-0.3, -0.25) is 0 Å². The van der Waals surface area contributed by atoms with Gasteiger partial charge in [-0.05, 0) is 30.4 Å². The van der Waals surface area contributed by atoms with Crippen LogP contribution in [0.1, 0.15) is 12.0 Å². The third-order valence-electron chi connectivity index (χ3n) is 2.58. The molecular weight excluding hydrogens is 315 g/mol. The number of anilines is 1. The third kappa shape index (κ3) is 3.31. The van der Waals surface area contributed by atoms with Crippen molar-refractivity contribution in [3.63, 3.8) is 0 Å². The van der Waals surface area contributed by atoms with Crippen LogP contribution < -0.4 is 5.32 Å². The Morgan fingerprint density at radius 2 is 2.12 bits per heavy atom. The van der Waals surface area contributed by atoms with E-state index in [0.717, 1.165) is 24.0 Å². The Bertz CT molecular complexity index is 402. The second-order valence-corrected chi connectivity index (χ2v) is 5.96. The van der Waals surface area contributed by atoms with E-state index in [1.54, 1.807) is 17.8 Å². The quantitative estimate of drug-likeness (QED) is 0.865. The van der Waals surface area contributed by atoms with Crippen molar-refractivity contribution >= 4 is 33.4 Å². The Kier molecular flexibility index (Phi) is 3.92. The Balaban J connectivity index is 2.25. The highest BCUT2D eigenvalue weighted by Crippen LogP contribution is 2.37. The minimum Gasteiger partial charge on any atom is -0.381 e. The minimum atomic E-state index is -4.32. The van der Waals surface area contributed by atoms with Crippen LogP contribution in [0.4, 0.5) is 18.9 Å². The molecule has 0 aliphatic carbocycles. The van der Waals surface area contributed by atoms with Gasteiger partial charge in [0.15, 0.2) is 0 Å². The predicted octanol–water partition coefficient (Wildman–Crippen LogP) is 4.39. The molecule has 0 spiro atoms. The number of nitrogens with one attached hydrogen (secondary N) is 1. The first-order valence-corrected chi connectivity index (χ1v) is 7.12. The number of halogens is 4. The lowest BCUT2D eigenvalue weighted by atomic mass is 10.1. The van der Waals surface area contributed by atoms with E-state index in [1.165, 1.54) is 6.07 Å². The van der Waals surface area contributed by atoms with E-state index in [-0.39, 0.29) is 11.7 Å². The molecule has 17 heavy (non-hydrogen) atoms. The van der Waals surface area contributed by atoms with E-state index in [0.29, 0.717) is 4.47 Å². The number of benzene rings is 1. The van der Waals surface area contributed by atoms with Crippen LogP contribution >= 0.6 is 27.7 Å². The molecule has 1 fully saturated rings. The largest absolute Gasteiger partial charge is 0.418 e. The molecule has 1 aromatic carbocycles. The molecule has 1 unspecified atom stereocenters. The van der Waals surface area contributed by atoms with Gasteiger partial charge in [0.25, 0.3) is 0 Å². The molecule has 0 amide bonds. The lowest BCUT2D eigenvalue weighted by molar-refractivity contribution is -0.137. The van der Waals surface area contributed by atoms with Crippen LogP contribution in [0.25, 0.3) is 0 Å². The van der Waals surface area contributed by atoms with E-state index >= 15 is 0 Å². The van der Waals surface area contributed by atoms with Gasteiger partial charge in [-0.2, -0.15) is 24.9 Å². The summed E-state index contributed by atoms with van der Waals surface area (Å²) in [7, 11) is 0. The zero-order chi connectivity index (χ0) is 12.5. The van der Waals surface area contributed by atoms with Crippen LogP contribution in [0, 0.1) is 0 Å². The first-order valence-electron chi connectivity index (χ1n) is 5.18. The van der Waals surface area contributed by atoms with Crippen molar-refractivity contribution in [1.82, 2.24) is 0 Å². The zero-order valence-corrected chi connectivity index (χ0v) is 11.3. The Labute approximate surface area is 110 Å². The fourth-order valence-corrected chi connectivity index (χ4v) is 3.26. The summed E-state index contributed by atoms with van der Waals surface area (Å²) >= 11 is 4.83. The van der Waals surface area contributed by atoms with Crippen molar-refractivity contribution in [2.75, 3.05) is 16.8 Å². The van der Waals surface area contributed by atoms with Crippen molar-refractivity contribution in [2.45, 2.75) is 18.6 Å². The molecule has 0 radical (unpaired) electrons. The van der Waals surface area contributed by atoms with Crippen LogP contribution in [0.5, 0.6) is 0 Å². The second-order valence-electron chi connectivity index (χ2n) is 3.89. The van der Waals surface area contributed by atoms with Gasteiger partial charge in [0.2, 0.25) is 0 Å². The summed E-state index contributed by atoms with van der Waals surface area (Å²) in [5, 5.41) is 2.98. The molecule has 1 saturated heterocycles. The van der Waals surface area contributed by atoms with Gasteiger partial charge < -0.3 is 5.32 Å². The van der Waals surface area contributed by atoms with Crippen molar-refractivity contribution in [1.29, 1.82) is 0 Å². The van der Waals surface area contributed by atoms with Crippen LogP contribution in [-0.2, 0) is 6.18 Å². The summed E-state index contributed by atoms with van der Waals surface area (Å²) in [5.41, 5.74) is -0.433. The lowest BCUT2D eigenvalue weighted by Gasteiger charge is -2.18. The Morgan fingerprint density at radius 1 is 1.35 bits per heavy atom. The summed E-state index contributed by atoms with van der Waals surface area (Å²) in [6, 6.07) is 4.36. The van der Waals surface area contributed by atoms with Gasteiger partial charge in [-0.25, -0.2) is 0 Å². The maximum Gasteiger partial charge on any atom is 0.418 e. The van der Waals surface area contributed by atoms with Crippen LogP contribution in [0.3, 0.4) is 0 Å². The molecule has 1 N–H and O–H groups in total. The molecule has 1 nitrogen and oxygen atoms in total. The summed E-state index contributed by atoms with van der Waals surface area (Å²) in [6.07, 6.45) is -3.41. The highest BCUT2D eigenvalue weighted by atomic mass is 79.9. The molecule has 94 valence electrons. The van der Waals surface area contributed by atoms with Crippen molar-refractivity contribution in [3.8, 4) is 0 Å². The fourth-order valence-electron chi connectivity index (χ4n) is 1.75. The van der Waals surface area contributed by atoms with Gasteiger partial charge >= 0.3 is 6.18 Å².